The van der Waals surface area contributed by atoms with Crippen LogP contribution in [0.25, 0.3) is 0 Å². The number of carbonyl (C=O) groups excluding carboxylic acids is 1. The number of benzene rings is 1. The van der Waals surface area contributed by atoms with E-state index in [0.717, 1.165) is 5.69 Å². The van der Waals surface area contributed by atoms with Crippen molar-refractivity contribution in [3.8, 4) is 5.75 Å². The van der Waals surface area contributed by atoms with Crippen LogP contribution in [0.4, 0.5) is 4.79 Å². The van der Waals surface area contributed by atoms with E-state index in [9.17, 15) is 9.90 Å². The number of nitrogens with zero attached hydrogens (tertiary/aromatic N) is 1. The van der Waals surface area contributed by atoms with Gasteiger partial charge in [-0.3, -0.25) is 4.98 Å². The van der Waals surface area contributed by atoms with Crippen LogP contribution in [0.2, 0.25) is 0 Å². The van der Waals surface area contributed by atoms with Crippen LogP contribution in [0.5, 0.6) is 5.75 Å². The molecule has 1 amide bonds. The molecule has 5 nitrogen and oxygen atoms in total. The second kappa shape index (κ2) is 7.24. The third-order valence-corrected chi connectivity index (χ3v) is 4.15. The molecule has 1 heterocycles. The van der Waals surface area contributed by atoms with Gasteiger partial charge in [-0.05, 0) is 43.5 Å². The first-order valence-corrected chi connectivity index (χ1v) is 7.85. The average molecular weight is 312 g/mol. The van der Waals surface area contributed by atoms with Crippen molar-refractivity contribution in [1.29, 1.82) is 0 Å². The molecule has 2 aromatic rings. The lowest BCUT2D eigenvalue weighted by molar-refractivity contribution is 0.101. The van der Waals surface area contributed by atoms with Crippen LogP contribution in [-0.4, -0.2) is 28.3 Å². The number of aromatic nitrogens is 1. The Morgan fingerprint density at radius 3 is 2.65 bits per heavy atom. The fraction of sp³-hybridized carbons (Fsp3) is 0.333. The monoisotopic (exact) mass is 312 g/mol. The molecule has 1 aliphatic rings. The third-order valence-electron chi connectivity index (χ3n) is 4.15. The van der Waals surface area contributed by atoms with Gasteiger partial charge in [0, 0.05) is 23.9 Å². The fourth-order valence-corrected chi connectivity index (χ4v) is 3.02. The van der Waals surface area contributed by atoms with Crippen molar-refractivity contribution < 1.29 is 14.6 Å². The molecule has 5 heteroatoms. The first-order valence-electron chi connectivity index (χ1n) is 7.85. The van der Waals surface area contributed by atoms with Crippen molar-refractivity contribution in [3.63, 3.8) is 0 Å². The standard InChI is InChI=1S/C18H20N2O3/c21-13-9-10-17(15(12-13)16-8-4-5-11-19-16)20-18(22)23-14-6-2-1-3-7-14/h1-8,11,13,15,17,21H,9-10,12H2,(H,20,22). The summed E-state index contributed by atoms with van der Waals surface area (Å²) < 4.78 is 5.30. The molecule has 1 fully saturated rings. The fourth-order valence-electron chi connectivity index (χ4n) is 3.02. The summed E-state index contributed by atoms with van der Waals surface area (Å²) in [5.41, 5.74) is 0.885. The molecule has 0 bridgehead atoms. The number of amides is 1. The Kier molecular flexibility index (Phi) is 4.88. The smallest absolute Gasteiger partial charge is 0.410 e. The first kappa shape index (κ1) is 15.5. The molecule has 120 valence electrons. The Hall–Kier alpha value is -2.40. The Morgan fingerprint density at radius 2 is 1.91 bits per heavy atom. The van der Waals surface area contributed by atoms with E-state index in [1.807, 2.05) is 36.4 Å². The Labute approximate surface area is 135 Å². The lowest BCUT2D eigenvalue weighted by Crippen LogP contribution is -2.45. The Morgan fingerprint density at radius 1 is 1.13 bits per heavy atom. The molecule has 1 aliphatic carbocycles. The summed E-state index contributed by atoms with van der Waals surface area (Å²) in [7, 11) is 0. The highest BCUT2D eigenvalue weighted by Crippen LogP contribution is 2.32. The molecule has 3 atom stereocenters. The highest BCUT2D eigenvalue weighted by atomic mass is 16.6. The molecule has 2 N–H and O–H groups in total. The van der Waals surface area contributed by atoms with E-state index in [0.29, 0.717) is 25.0 Å². The van der Waals surface area contributed by atoms with E-state index in [4.69, 9.17) is 4.74 Å². The minimum absolute atomic E-state index is 0.0109. The van der Waals surface area contributed by atoms with Crippen LogP contribution in [-0.2, 0) is 0 Å². The quantitative estimate of drug-likeness (QED) is 0.914. The van der Waals surface area contributed by atoms with E-state index in [2.05, 4.69) is 10.3 Å². The number of carbonyl (C=O) groups is 1. The Bertz CT molecular complexity index is 633. The van der Waals surface area contributed by atoms with Gasteiger partial charge in [0.2, 0.25) is 0 Å². The van der Waals surface area contributed by atoms with Gasteiger partial charge in [0.15, 0.2) is 0 Å². The normalized spacial score (nSPS) is 24.0. The molecule has 0 saturated heterocycles. The molecular formula is C18H20N2O3. The number of pyridine rings is 1. The molecule has 1 aromatic heterocycles. The number of para-hydroxylation sites is 1. The van der Waals surface area contributed by atoms with Crippen molar-refractivity contribution in [2.75, 3.05) is 0 Å². The number of hydrogen-bond acceptors (Lipinski definition) is 4. The molecule has 0 spiro atoms. The average Bonchev–Trinajstić information content (AvgIpc) is 2.58. The second-order valence-electron chi connectivity index (χ2n) is 5.78. The van der Waals surface area contributed by atoms with Crippen LogP contribution in [0, 0.1) is 0 Å². The van der Waals surface area contributed by atoms with Crippen molar-refractivity contribution in [3.05, 3.63) is 60.4 Å². The van der Waals surface area contributed by atoms with Crippen molar-refractivity contribution in [2.45, 2.75) is 37.3 Å². The number of aliphatic hydroxyl groups excluding tert-OH is 1. The van der Waals surface area contributed by atoms with Gasteiger partial charge in [0.1, 0.15) is 5.75 Å². The SMILES string of the molecule is O=C(NC1CCC(O)CC1c1ccccn1)Oc1ccccc1. The summed E-state index contributed by atoms with van der Waals surface area (Å²) in [5.74, 6) is 0.499. The molecule has 1 aromatic carbocycles. The number of hydrogen-bond donors (Lipinski definition) is 2. The highest BCUT2D eigenvalue weighted by molar-refractivity contribution is 5.70. The number of ether oxygens (including phenoxy) is 1. The van der Waals surface area contributed by atoms with Crippen LogP contribution in [0.3, 0.4) is 0 Å². The number of rotatable bonds is 3. The van der Waals surface area contributed by atoms with E-state index in [1.165, 1.54) is 0 Å². The van der Waals surface area contributed by atoms with E-state index in [-0.39, 0.29) is 18.1 Å². The number of nitrogens with one attached hydrogen (secondary N) is 1. The summed E-state index contributed by atoms with van der Waals surface area (Å²) in [6, 6.07) is 14.6. The van der Waals surface area contributed by atoms with E-state index >= 15 is 0 Å². The summed E-state index contributed by atoms with van der Waals surface area (Å²) in [5, 5.41) is 12.9. The summed E-state index contributed by atoms with van der Waals surface area (Å²) in [6.45, 7) is 0. The van der Waals surface area contributed by atoms with Gasteiger partial charge in [0.05, 0.1) is 6.10 Å². The lowest BCUT2D eigenvalue weighted by atomic mass is 9.80. The van der Waals surface area contributed by atoms with Gasteiger partial charge in [-0.25, -0.2) is 4.79 Å². The molecular weight excluding hydrogens is 292 g/mol. The van der Waals surface area contributed by atoms with Crippen LogP contribution >= 0.6 is 0 Å². The largest absolute Gasteiger partial charge is 0.412 e. The topological polar surface area (TPSA) is 71.5 Å². The number of aliphatic hydroxyl groups is 1. The van der Waals surface area contributed by atoms with Gasteiger partial charge in [-0.2, -0.15) is 0 Å². The maximum absolute atomic E-state index is 12.1. The first-order chi connectivity index (χ1) is 11.2. The summed E-state index contributed by atoms with van der Waals surface area (Å²) >= 11 is 0. The maximum Gasteiger partial charge on any atom is 0.412 e. The van der Waals surface area contributed by atoms with Crippen molar-refractivity contribution in [1.82, 2.24) is 10.3 Å². The zero-order valence-electron chi connectivity index (χ0n) is 12.8. The van der Waals surface area contributed by atoms with Gasteiger partial charge in [-0.15, -0.1) is 0 Å². The molecule has 23 heavy (non-hydrogen) atoms. The van der Waals surface area contributed by atoms with Crippen LogP contribution in [0.15, 0.2) is 54.7 Å². The van der Waals surface area contributed by atoms with Crippen LogP contribution < -0.4 is 10.1 Å². The van der Waals surface area contributed by atoms with E-state index in [1.54, 1.807) is 18.3 Å². The zero-order valence-corrected chi connectivity index (χ0v) is 12.8. The van der Waals surface area contributed by atoms with Crippen molar-refractivity contribution >= 4 is 6.09 Å². The summed E-state index contributed by atoms with van der Waals surface area (Å²) in [4.78, 5) is 16.5. The molecule has 1 saturated carbocycles. The predicted octanol–water partition coefficient (Wildman–Crippen LogP) is 2.87. The second-order valence-corrected chi connectivity index (χ2v) is 5.78. The van der Waals surface area contributed by atoms with Gasteiger partial charge < -0.3 is 15.2 Å². The molecule has 3 rings (SSSR count). The lowest BCUT2D eigenvalue weighted by Gasteiger charge is -2.34. The Balaban J connectivity index is 1.68. The molecule has 3 unspecified atom stereocenters. The van der Waals surface area contributed by atoms with Gasteiger partial charge in [-0.1, -0.05) is 24.3 Å². The highest BCUT2D eigenvalue weighted by Gasteiger charge is 2.33. The minimum atomic E-state index is -0.474. The predicted molar refractivity (Wildman–Crippen MR) is 86.2 cm³/mol. The maximum atomic E-state index is 12.1. The third kappa shape index (κ3) is 4.07. The van der Waals surface area contributed by atoms with Gasteiger partial charge in [0.25, 0.3) is 0 Å². The zero-order chi connectivity index (χ0) is 16.1. The van der Waals surface area contributed by atoms with E-state index < -0.39 is 6.09 Å². The minimum Gasteiger partial charge on any atom is -0.410 e. The molecule has 0 radical (unpaired) electrons. The summed E-state index contributed by atoms with van der Waals surface area (Å²) in [6.07, 6.45) is 2.86. The van der Waals surface area contributed by atoms with Gasteiger partial charge >= 0.3 is 6.09 Å². The molecule has 0 aliphatic heterocycles. The van der Waals surface area contributed by atoms with Crippen molar-refractivity contribution in [2.24, 2.45) is 0 Å². The van der Waals surface area contributed by atoms with Crippen LogP contribution in [0.1, 0.15) is 30.9 Å².